The first kappa shape index (κ1) is 16.8. The lowest BCUT2D eigenvalue weighted by atomic mass is 10.1. The highest BCUT2D eigenvalue weighted by Crippen LogP contribution is 2.25. The van der Waals surface area contributed by atoms with Crippen molar-refractivity contribution in [1.82, 2.24) is 9.99 Å². The first-order valence-corrected chi connectivity index (χ1v) is 8.73. The predicted octanol–water partition coefficient (Wildman–Crippen LogP) is 3.56. The van der Waals surface area contributed by atoms with E-state index in [0.717, 1.165) is 22.6 Å². The van der Waals surface area contributed by atoms with Crippen molar-refractivity contribution >= 4 is 23.6 Å². The molecule has 3 aromatic rings. The number of hydrogen-bond donors (Lipinski definition) is 1. The van der Waals surface area contributed by atoms with Gasteiger partial charge in [0.05, 0.1) is 5.69 Å². The van der Waals surface area contributed by atoms with E-state index in [1.807, 2.05) is 68.4 Å². The highest BCUT2D eigenvalue weighted by molar-refractivity contribution is 6.31. The van der Waals surface area contributed by atoms with Gasteiger partial charge in [0.1, 0.15) is 5.57 Å². The summed E-state index contributed by atoms with van der Waals surface area (Å²) in [5.41, 5.74) is 7.31. The molecule has 0 radical (unpaired) electrons. The number of carbonyl (C=O) groups excluding carboxylic acids is 2. The number of anilines is 1. The summed E-state index contributed by atoms with van der Waals surface area (Å²) in [6.07, 6.45) is 1.67. The molecule has 134 valence electrons. The minimum Gasteiger partial charge on any atom is -0.318 e. The minimum absolute atomic E-state index is 0.132. The standard InChI is InChI=1S/C22H19N3O2/c1-15-13-17(16(2)24(15)18-9-5-3-6-10-18)14-20-21(26)23-25(22(20)27)19-11-7-4-8-12-19/h3-14H,1-2H3,(H,23,26)/b20-14+. The zero-order chi connectivity index (χ0) is 19.0. The summed E-state index contributed by atoms with van der Waals surface area (Å²) in [6, 6.07) is 21.1. The molecule has 2 heterocycles. The quantitative estimate of drug-likeness (QED) is 0.576. The molecule has 1 saturated heterocycles. The number of aryl methyl sites for hydroxylation is 1. The van der Waals surface area contributed by atoms with Gasteiger partial charge < -0.3 is 4.57 Å². The molecule has 1 aromatic heterocycles. The van der Waals surface area contributed by atoms with Gasteiger partial charge in [-0.05, 0) is 55.8 Å². The lowest BCUT2D eigenvalue weighted by molar-refractivity contribution is -0.117. The highest BCUT2D eigenvalue weighted by atomic mass is 16.2. The van der Waals surface area contributed by atoms with Crippen LogP contribution in [0.4, 0.5) is 5.69 Å². The Labute approximate surface area is 157 Å². The topological polar surface area (TPSA) is 54.3 Å². The number of amides is 2. The zero-order valence-corrected chi connectivity index (χ0v) is 15.1. The molecule has 4 rings (SSSR count). The van der Waals surface area contributed by atoms with Crippen LogP contribution in [0, 0.1) is 13.8 Å². The monoisotopic (exact) mass is 357 g/mol. The normalized spacial score (nSPS) is 15.5. The van der Waals surface area contributed by atoms with E-state index >= 15 is 0 Å². The number of benzene rings is 2. The molecule has 2 amide bonds. The number of aromatic nitrogens is 1. The Balaban J connectivity index is 1.72. The lowest BCUT2D eigenvalue weighted by Crippen LogP contribution is -2.35. The number of hydrogen-bond acceptors (Lipinski definition) is 2. The first-order valence-electron chi connectivity index (χ1n) is 8.73. The van der Waals surface area contributed by atoms with Crippen LogP contribution >= 0.6 is 0 Å². The summed E-state index contributed by atoms with van der Waals surface area (Å²) in [4.78, 5) is 25.2. The molecule has 0 spiro atoms. The summed E-state index contributed by atoms with van der Waals surface area (Å²) < 4.78 is 2.11. The maximum Gasteiger partial charge on any atom is 0.282 e. The Hall–Kier alpha value is -3.60. The molecule has 0 unspecified atom stereocenters. The van der Waals surface area contributed by atoms with Crippen LogP contribution in [0.25, 0.3) is 11.8 Å². The van der Waals surface area contributed by atoms with Gasteiger partial charge in [-0.25, -0.2) is 5.01 Å². The zero-order valence-electron chi connectivity index (χ0n) is 15.1. The van der Waals surface area contributed by atoms with Gasteiger partial charge in [-0.15, -0.1) is 0 Å². The highest BCUT2D eigenvalue weighted by Gasteiger charge is 2.34. The molecule has 2 aromatic carbocycles. The van der Waals surface area contributed by atoms with Gasteiger partial charge in [0.15, 0.2) is 0 Å². The van der Waals surface area contributed by atoms with Crippen LogP contribution in [-0.2, 0) is 9.59 Å². The SMILES string of the molecule is Cc1cc(/C=C2\C(=O)NN(c3ccccc3)C2=O)c(C)n1-c1ccccc1. The van der Waals surface area contributed by atoms with Crippen molar-refractivity contribution in [3.8, 4) is 5.69 Å². The van der Waals surface area contributed by atoms with Crippen LogP contribution in [0.3, 0.4) is 0 Å². The molecule has 5 nitrogen and oxygen atoms in total. The average Bonchev–Trinajstić information content (AvgIpc) is 3.13. The Morgan fingerprint density at radius 2 is 1.44 bits per heavy atom. The molecular formula is C22H19N3O2. The van der Waals surface area contributed by atoms with Crippen LogP contribution in [0.1, 0.15) is 17.0 Å². The number of rotatable bonds is 3. The molecule has 1 aliphatic rings. The molecular weight excluding hydrogens is 338 g/mol. The number of nitrogens with one attached hydrogen (secondary N) is 1. The van der Waals surface area contributed by atoms with Gasteiger partial charge in [0, 0.05) is 17.1 Å². The average molecular weight is 357 g/mol. The van der Waals surface area contributed by atoms with E-state index in [9.17, 15) is 9.59 Å². The van der Waals surface area contributed by atoms with Gasteiger partial charge >= 0.3 is 0 Å². The van der Waals surface area contributed by atoms with Crippen LogP contribution < -0.4 is 10.4 Å². The number of carbonyl (C=O) groups is 2. The van der Waals surface area contributed by atoms with Crippen molar-refractivity contribution < 1.29 is 9.59 Å². The molecule has 1 fully saturated rings. The van der Waals surface area contributed by atoms with Crippen molar-refractivity contribution in [1.29, 1.82) is 0 Å². The third-order valence-corrected chi connectivity index (χ3v) is 4.69. The second-order valence-corrected chi connectivity index (χ2v) is 6.47. The number of hydrazine groups is 1. The molecule has 0 aliphatic carbocycles. The molecule has 0 bridgehead atoms. The summed E-state index contributed by atoms with van der Waals surface area (Å²) in [6.45, 7) is 3.99. The van der Waals surface area contributed by atoms with E-state index in [4.69, 9.17) is 0 Å². The second kappa shape index (κ2) is 6.61. The Kier molecular flexibility index (Phi) is 4.12. The van der Waals surface area contributed by atoms with Gasteiger partial charge in [0.25, 0.3) is 11.8 Å². The smallest absolute Gasteiger partial charge is 0.282 e. The number of para-hydroxylation sites is 2. The third-order valence-electron chi connectivity index (χ3n) is 4.69. The van der Waals surface area contributed by atoms with Crippen molar-refractivity contribution in [2.24, 2.45) is 0 Å². The first-order chi connectivity index (χ1) is 13.1. The largest absolute Gasteiger partial charge is 0.318 e. The second-order valence-electron chi connectivity index (χ2n) is 6.47. The van der Waals surface area contributed by atoms with E-state index in [1.165, 1.54) is 5.01 Å². The molecule has 27 heavy (non-hydrogen) atoms. The van der Waals surface area contributed by atoms with Gasteiger partial charge in [-0.3, -0.25) is 15.0 Å². The van der Waals surface area contributed by atoms with Crippen molar-refractivity contribution in [3.05, 3.63) is 89.3 Å². The molecule has 1 N–H and O–H groups in total. The van der Waals surface area contributed by atoms with E-state index < -0.39 is 5.91 Å². The summed E-state index contributed by atoms with van der Waals surface area (Å²) in [5.74, 6) is -0.746. The molecule has 0 saturated carbocycles. The van der Waals surface area contributed by atoms with E-state index in [-0.39, 0.29) is 11.5 Å². The van der Waals surface area contributed by atoms with E-state index in [1.54, 1.807) is 18.2 Å². The Morgan fingerprint density at radius 1 is 0.852 bits per heavy atom. The maximum atomic E-state index is 12.8. The number of nitrogens with zero attached hydrogens (tertiary/aromatic N) is 2. The van der Waals surface area contributed by atoms with Crippen molar-refractivity contribution in [3.63, 3.8) is 0 Å². The lowest BCUT2D eigenvalue weighted by Gasteiger charge is -2.13. The maximum absolute atomic E-state index is 12.8. The fourth-order valence-corrected chi connectivity index (χ4v) is 3.38. The summed E-state index contributed by atoms with van der Waals surface area (Å²) >= 11 is 0. The molecule has 5 heteroatoms. The van der Waals surface area contributed by atoms with Crippen LogP contribution in [0.2, 0.25) is 0 Å². The van der Waals surface area contributed by atoms with Gasteiger partial charge in [-0.1, -0.05) is 36.4 Å². The summed E-state index contributed by atoms with van der Waals surface area (Å²) in [5, 5.41) is 1.28. The summed E-state index contributed by atoms with van der Waals surface area (Å²) in [7, 11) is 0. The fraction of sp³-hybridized carbons (Fsp3) is 0.0909. The third kappa shape index (κ3) is 2.93. The van der Waals surface area contributed by atoms with Crippen molar-refractivity contribution in [2.75, 3.05) is 5.01 Å². The van der Waals surface area contributed by atoms with Crippen LogP contribution in [-0.4, -0.2) is 16.4 Å². The van der Waals surface area contributed by atoms with Crippen molar-refractivity contribution in [2.45, 2.75) is 13.8 Å². The fourth-order valence-electron chi connectivity index (χ4n) is 3.38. The van der Waals surface area contributed by atoms with E-state index in [0.29, 0.717) is 5.69 Å². The Morgan fingerprint density at radius 3 is 2.07 bits per heavy atom. The minimum atomic E-state index is -0.395. The van der Waals surface area contributed by atoms with Gasteiger partial charge in [-0.2, -0.15) is 0 Å². The molecule has 1 aliphatic heterocycles. The Bertz CT molecular complexity index is 1050. The molecule has 0 atom stereocenters. The van der Waals surface area contributed by atoms with Crippen LogP contribution in [0.15, 0.2) is 72.3 Å². The van der Waals surface area contributed by atoms with Crippen LogP contribution in [0.5, 0.6) is 0 Å². The predicted molar refractivity (Wildman–Crippen MR) is 105 cm³/mol. The van der Waals surface area contributed by atoms with Gasteiger partial charge in [0.2, 0.25) is 0 Å². The van der Waals surface area contributed by atoms with E-state index in [2.05, 4.69) is 9.99 Å².